The molecule has 1 aromatic heterocycles. The molecule has 0 atom stereocenters. The smallest absolute Gasteiger partial charge is 0.241 e. The van der Waals surface area contributed by atoms with E-state index in [1.807, 2.05) is 18.2 Å². The number of aromatic nitrogens is 1. The summed E-state index contributed by atoms with van der Waals surface area (Å²) in [6.07, 6.45) is 13.4. The normalized spacial score (nSPS) is 11.0. The summed E-state index contributed by atoms with van der Waals surface area (Å²) in [4.78, 5) is 2.91. The summed E-state index contributed by atoms with van der Waals surface area (Å²) in [5.74, 6) is 0. The van der Waals surface area contributed by atoms with Crippen molar-refractivity contribution in [3.8, 4) is 0 Å². The van der Waals surface area contributed by atoms with Gasteiger partial charge in [-0.1, -0.05) is 99.3 Å². The van der Waals surface area contributed by atoms with Gasteiger partial charge in [0.1, 0.15) is 0 Å². The molecule has 0 aliphatic rings. The van der Waals surface area contributed by atoms with Crippen LogP contribution in [0.1, 0.15) is 64.7 Å². The second-order valence-electron chi connectivity index (χ2n) is 7.92. The molecule has 1 heterocycles. The van der Waals surface area contributed by atoms with Crippen molar-refractivity contribution >= 4 is 32.5 Å². The van der Waals surface area contributed by atoms with Gasteiger partial charge in [0.15, 0.2) is 0 Å². The molecule has 0 bridgehead atoms. The molecule has 0 N–H and O–H groups in total. The highest BCUT2D eigenvalue weighted by Gasteiger charge is 2.18. The maximum absolute atomic E-state index is 12.6. The number of halogens is 1. The van der Waals surface area contributed by atoms with Crippen LogP contribution in [0.4, 0.5) is 0 Å². The molecular formula is C25H33ClN4O2S. The molecule has 178 valence electrons. The van der Waals surface area contributed by atoms with Crippen molar-refractivity contribution in [2.24, 2.45) is 5.11 Å². The predicted octanol–water partition coefficient (Wildman–Crippen LogP) is 8.36. The molecule has 33 heavy (non-hydrogen) atoms. The minimum absolute atomic E-state index is 0.182. The third-order valence-corrected chi connectivity index (χ3v) is 7.26. The molecule has 3 aromatic rings. The summed E-state index contributed by atoms with van der Waals surface area (Å²) < 4.78 is 26.4. The van der Waals surface area contributed by atoms with Crippen molar-refractivity contribution in [3.63, 3.8) is 0 Å². The molecule has 6 nitrogen and oxygen atoms in total. The Labute approximate surface area is 202 Å². The van der Waals surface area contributed by atoms with Crippen LogP contribution in [0, 0.1) is 0 Å². The summed E-state index contributed by atoms with van der Waals surface area (Å²) >= 11 is 5.86. The number of hydrogen-bond acceptors (Lipinski definition) is 3. The van der Waals surface area contributed by atoms with E-state index in [2.05, 4.69) is 16.9 Å². The van der Waals surface area contributed by atoms with E-state index in [4.69, 9.17) is 17.1 Å². The molecule has 8 heteroatoms. The molecule has 0 radical (unpaired) electrons. The number of fused-ring (bicyclic) bond motifs is 1. The molecule has 0 aliphatic heterocycles. The second-order valence-corrected chi connectivity index (χ2v) is 10.2. The van der Waals surface area contributed by atoms with E-state index >= 15 is 0 Å². The van der Waals surface area contributed by atoms with Crippen LogP contribution < -0.4 is 0 Å². The Bertz CT molecular complexity index is 1140. The van der Waals surface area contributed by atoms with E-state index in [-0.39, 0.29) is 4.90 Å². The summed E-state index contributed by atoms with van der Waals surface area (Å²) in [5, 5.41) is 4.79. The lowest BCUT2D eigenvalue weighted by Crippen LogP contribution is -2.11. The van der Waals surface area contributed by atoms with Gasteiger partial charge in [-0.2, -0.15) is 0 Å². The topological polar surface area (TPSA) is 87.8 Å². The van der Waals surface area contributed by atoms with Gasteiger partial charge in [-0.3, -0.25) is 0 Å². The monoisotopic (exact) mass is 488 g/mol. The van der Waals surface area contributed by atoms with Crippen molar-refractivity contribution in [2.75, 3.05) is 6.54 Å². The molecule has 2 aromatic carbocycles. The van der Waals surface area contributed by atoms with E-state index in [1.165, 1.54) is 67.5 Å². The number of unbranched alkanes of at least 4 members (excludes halogenated alkanes) is 8. The standard InChI is InChI=1S/C14H10ClNO2S.C11H23N3/c15-12-5-3-6-13(10-12)19(17,18)16-9-8-11-4-1-2-7-14(11)16;1-2-3-4-5-6-7-8-9-10-11-13-14-12/h1-10H;2-11H2,1H3. The maximum atomic E-state index is 12.6. The molecule has 0 saturated heterocycles. The Kier molecular flexibility index (Phi) is 11.9. The van der Waals surface area contributed by atoms with Gasteiger partial charge in [-0.15, -0.1) is 0 Å². The van der Waals surface area contributed by atoms with Crippen LogP contribution in [0.15, 0.2) is 70.8 Å². The summed E-state index contributed by atoms with van der Waals surface area (Å²) in [6.45, 7) is 2.92. The van der Waals surface area contributed by atoms with Gasteiger partial charge < -0.3 is 0 Å². The van der Waals surface area contributed by atoms with Gasteiger partial charge in [0, 0.05) is 28.1 Å². The van der Waals surface area contributed by atoms with Crippen LogP contribution in [-0.2, 0) is 10.0 Å². The number of benzene rings is 2. The Balaban J connectivity index is 0.000000248. The first kappa shape index (κ1) is 26.8. The van der Waals surface area contributed by atoms with Crippen molar-refractivity contribution in [2.45, 2.75) is 69.6 Å². The molecule has 0 amide bonds. The van der Waals surface area contributed by atoms with Crippen LogP contribution in [0.3, 0.4) is 0 Å². The van der Waals surface area contributed by atoms with E-state index in [1.54, 1.807) is 30.5 Å². The van der Waals surface area contributed by atoms with Gasteiger partial charge in [-0.25, -0.2) is 12.4 Å². The van der Waals surface area contributed by atoms with Crippen molar-refractivity contribution < 1.29 is 8.42 Å². The average Bonchev–Trinajstić information content (AvgIpc) is 3.26. The zero-order valence-electron chi connectivity index (χ0n) is 19.2. The SMILES string of the molecule is CCCCCCCCCCCN=[N+]=[N-].O=S(=O)(c1cccc(Cl)c1)n1ccc2ccccc21. The third kappa shape index (κ3) is 8.77. The van der Waals surface area contributed by atoms with Crippen LogP contribution >= 0.6 is 11.6 Å². The van der Waals surface area contributed by atoms with E-state index < -0.39 is 10.0 Å². The highest BCUT2D eigenvalue weighted by molar-refractivity contribution is 7.90. The predicted molar refractivity (Wildman–Crippen MR) is 137 cm³/mol. The number of hydrogen-bond donors (Lipinski definition) is 0. The number of para-hydroxylation sites is 1. The Hall–Kier alpha value is -2.47. The maximum Gasteiger partial charge on any atom is 0.268 e. The van der Waals surface area contributed by atoms with Gasteiger partial charge in [0.2, 0.25) is 0 Å². The third-order valence-electron chi connectivity index (χ3n) is 5.34. The zero-order valence-corrected chi connectivity index (χ0v) is 20.8. The number of rotatable bonds is 12. The minimum Gasteiger partial charge on any atom is -0.241 e. The largest absolute Gasteiger partial charge is 0.268 e. The summed E-state index contributed by atoms with van der Waals surface area (Å²) in [5.41, 5.74) is 8.70. The highest BCUT2D eigenvalue weighted by Crippen LogP contribution is 2.23. The molecule has 0 fully saturated rings. The van der Waals surface area contributed by atoms with E-state index in [9.17, 15) is 8.42 Å². The van der Waals surface area contributed by atoms with Crippen molar-refractivity contribution in [1.82, 2.24) is 3.97 Å². The van der Waals surface area contributed by atoms with Gasteiger partial charge in [-0.05, 0) is 42.3 Å². The highest BCUT2D eigenvalue weighted by atomic mass is 35.5. The van der Waals surface area contributed by atoms with Gasteiger partial charge >= 0.3 is 0 Å². The van der Waals surface area contributed by atoms with Crippen molar-refractivity contribution in [3.05, 3.63) is 76.3 Å². The fourth-order valence-electron chi connectivity index (χ4n) is 3.55. The van der Waals surface area contributed by atoms with Crippen LogP contribution in [0.5, 0.6) is 0 Å². The molecule has 3 rings (SSSR count). The van der Waals surface area contributed by atoms with Crippen LogP contribution in [0.25, 0.3) is 21.3 Å². The second kappa shape index (κ2) is 14.6. The summed E-state index contributed by atoms with van der Waals surface area (Å²) in [6, 6.07) is 15.4. The first-order valence-corrected chi connectivity index (χ1v) is 13.4. The van der Waals surface area contributed by atoms with E-state index in [0.29, 0.717) is 17.1 Å². The first-order valence-electron chi connectivity index (χ1n) is 11.6. The van der Waals surface area contributed by atoms with Gasteiger partial charge in [0.25, 0.3) is 10.0 Å². The fourth-order valence-corrected chi connectivity index (χ4v) is 5.20. The quantitative estimate of drug-likeness (QED) is 0.111. The number of nitrogens with zero attached hydrogens (tertiary/aromatic N) is 4. The van der Waals surface area contributed by atoms with Crippen LogP contribution in [-0.4, -0.2) is 18.9 Å². The Morgan fingerprint density at radius 3 is 2.24 bits per heavy atom. The Morgan fingerprint density at radius 2 is 1.58 bits per heavy atom. The lowest BCUT2D eigenvalue weighted by molar-refractivity contribution is 0.567. The molecule has 0 unspecified atom stereocenters. The molecule has 0 aliphatic carbocycles. The summed E-state index contributed by atoms with van der Waals surface area (Å²) in [7, 11) is -3.61. The molecular weight excluding hydrogens is 456 g/mol. The van der Waals surface area contributed by atoms with Crippen molar-refractivity contribution in [1.29, 1.82) is 0 Å². The first-order chi connectivity index (χ1) is 16.0. The fraction of sp³-hybridized carbons (Fsp3) is 0.440. The average molecular weight is 489 g/mol. The van der Waals surface area contributed by atoms with Crippen LogP contribution in [0.2, 0.25) is 5.02 Å². The minimum atomic E-state index is -3.61. The number of azide groups is 1. The zero-order chi connectivity index (χ0) is 23.9. The van der Waals surface area contributed by atoms with Gasteiger partial charge in [0.05, 0.1) is 10.4 Å². The molecule has 0 saturated carbocycles. The molecule has 0 spiro atoms. The lowest BCUT2D eigenvalue weighted by atomic mass is 10.1. The lowest BCUT2D eigenvalue weighted by Gasteiger charge is -2.07. The Morgan fingerprint density at radius 1 is 0.909 bits per heavy atom. The van der Waals surface area contributed by atoms with E-state index in [0.717, 1.165) is 11.8 Å².